The molecule has 0 heterocycles. The summed E-state index contributed by atoms with van der Waals surface area (Å²) in [5.74, 6) is 4.43. The normalized spacial score (nSPS) is 9.54. The molecule has 122 valence electrons. The molecule has 0 aliphatic carbocycles. The lowest BCUT2D eigenvalue weighted by molar-refractivity contribution is 0.0697. The van der Waals surface area contributed by atoms with Gasteiger partial charge in [-0.1, -0.05) is 53.8 Å². The van der Waals surface area contributed by atoms with Crippen molar-refractivity contribution in [1.82, 2.24) is 5.32 Å². The van der Waals surface area contributed by atoms with E-state index >= 15 is 0 Å². The van der Waals surface area contributed by atoms with Gasteiger partial charge in [-0.2, -0.15) is 0 Å². The number of halogens is 1. The maximum Gasteiger partial charge on any atom is 0.408 e. The Kier molecular flexibility index (Phi) is 6.23. The number of carboxylic acid groups (broad SMARTS) is 1. The molecular formula is C18H14ClNO4. The van der Waals surface area contributed by atoms with E-state index in [1.807, 2.05) is 30.3 Å². The van der Waals surface area contributed by atoms with Gasteiger partial charge in [0.15, 0.2) is 0 Å². The highest BCUT2D eigenvalue weighted by Crippen LogP contribution is 2.16. The highest BCUT2D eigenvalue weighted by Gasteiger charge is 2.05. The molecule has 0 radical (unpaired) electrons. The van der Waals surface area contributed by atoms with Gasteiger partial charge >= 0.3 is 12.1 Å². The summed E-state index contributed by atoms with van der Waals surface area (Å²) >= 11 is 5.95. The second-order valence-electron chi connectivity index (χ2n) is 4.72. The maximum absolute atomic E-state index is 11.5. The van der Waals surface area contributed by atoms with Crippen LogP contribution in [-0.2, 0) is 11.3 Å². The van der Waals surface area contributed by atoms with E-state index in [0.717, 1.165) is 5.56 Å². The molecule has 24 heavy (non-hydrogen) atoms. The number of hydrogen-bond acceptors (Lipinski definition) is 3. The van der Waals surface area contributed by atoms with Crippen molar-refractivity contribution in [3.63, 3.8) is 0 Å². The molecule has 0 aromatic heterocycles. The lowest BCUT2D eigenvalue weighted by atomic mass is 10.1. The highest BCUT2D eigenvalue weighted by molar-refractivity contribution is 6.32. The van der Waals surface area contributed by atoms with Gasteiger partial charge in [-0.3, -0.25) is 0 Å². The van der Waals surface area contributed by atoms with Gasteiger partial charge in [-0.25, -0.2) is 9.59 Å². The molecule has 1 amide bonds. The van der Waals surface area contributed by atoms with Crippen LogP contribution < -0.4 is 5.32 Å². The minimum Gasteiger partial charge on any atom is -0.478 e. The fourth-order valence-corrected chi connectivity index (χ4v) is 2.01. The molecule has 2 rings (SSSR count). The van der Waals surface area contributed by atoms with Gasteiger partial charge in [0.05, 0.1) is 17.1 Å². The van der Waals surface area contributed by atoms with Gasteiger partial charge in [0.25, 0.3) is 0 Å². The van der Waals surface area contributed by atoms with Gasteiger partial charge in [0, 0.05) is 5.56 Å². The van der Waals surface area contributed by atoms with Gasteiger partial charge in [-0.05, 0) is 23.8 Å². The summed E-state index contributed by atoms with van der Waals surface area (Å²) in [6, 6.07) is 13.6. The Bertz CT molecular complexity index is 794. The molecule has 0 fully saturated rings. The van der Waals surface area contributed by atoms with Crippen LogP contribution in [-0.4, -0.2) is 23.7 Å². The molecule has 0 unspecified atom stereocenters. The van der Waals surface area contributed by atoms with Crippen molar-refractivity contribution in [3.05, 3.63) is 70.2 Å². The Balaban J connectivity index is 1.81. The van der Waals surface area contributed by atoms with Gasteiger partial charge in [0.1, 0.15) is 6.61 Å². The number of amides is 1. The van der Waals surface area contributed by atoms with Crippen molar-refractivity contribution in [2.45, 2.75) is 6.61 Å². The summed E-state index contributed by atoms with van der Waals surface area (Å²) in [6.07, 6.45) is -0.569. The van der Waals surface area contributed by atoms with Gasteiger partial charge < -0.3 is 15.2 Å². The van der Waals surface area contributed by atoms with Crippen LogP contribution >= 0.6 is 11.6 Å². The Morgan fingerprint density at radius 2 is 1.92 bits per heavy atom. The number of ether oxygens (including phenoxy) is 1. The molecule has 0 saturated heterocycles. The third-order valence-electron chi connectivity index (χ3n) is 2.97. The molecule has 2 aromatic rings. The van der Waals surface area contributed by atoms with Crippen LogP contribution in [0.2, 0.25) is 5.02 Å². The molecule has 0 bridgehead atoms. The largest absolute Gasteiger partial charge is 0.478 e. The van der Waals surface area contributed by atoms with Crippen LogP contribution in [0.5, 0.6) is 0 Å². The van der Waals surface area contributed by atoms with Gasteiger partial charge in [-0.15, -0.1) is 0 Å². The molecule has 0 spiro atoms. The first-order valence-electron chi connectivity index (χ1n) is 7.02. The predicted molar refractivity (Wildman–Crippen MR) is 89.9 cm³/mol. The summed E-state index contributed by atoms with van der Waals surface area (Å²) in [5, 5.41) is 11.6. The zero-order chi connectivity index (χ0) is 17.4. The molecular weight excluding hydrogens is 330 g/mol. The van der Waals surface area contributed by atoms with E-state index in [1.54, 1.807) is 0 Å². The lowest BCUT2D eigenvalue weighted by Gasteiger charge is -2.04. The van der Waals surface area contributed by atoms with Crippen LogP contribution in [0, 0.1) is 11.8 Å². The number of rotatable bonds is 4. The van der Waals surface area contributed by atoms with Crippen molar-refractivity contribution < 1.29 is 19.4 Å². The zero-order valence-electron chi connectivity index (χ0n) is 12.6. The molecule has 0 aliphatic heterocycles. The number of benzene rings is 2. The maximum atomic E-state index is 11.5. The first-order valence-corrected chi connectivity index (χ1v) is 7.40. The number of carbonyl (C=O) groups is 2. The summed E-state index contributed by atoms with van der Waals surface area (Å²) in [4.78, 5) is 22.3. The molecule has 6 heteroatoms. The Morgan fingerprint density at radius 1 is 1.17 bits per heavy atom. The molecule has 5 nitrogen and oxygen atoms in total. The quantitative estimate of drug-likeness (QED) is 0.835. The van der Waals surface area contributed by atoms with Crippen LogP contribution in [0.4, 0.5) is 4.79 Å². The van der Waals surface area contributed by atoms with Gasteiger partial charge in [0.2, 0.25) is 0 Å². The zero-order valence-corrected chi connectivity index (χ0v) is 13.3. The topological polar surface area (TPSA) is 75.6 Å². The van der Waals surface area contributed by atoms with Crippen molar-refractivity contribution in [2.75, 3.05) is 6.54 Å². The smallest absolute Gasteiger partial charge is 0.408 e. The van der Waals surface area contributed by atoms with Crippen molar-refractivity contribution >= 4 is 23.7 Å². The second-order valence-corrected chi connectivity index (χ2v) is 5.12. The number of carbonyl (C=O) groups excluding carboxylic acids is 1. The summed E-state index contributed by atoms with van der Waals surface area (Å²) in [6.45, 7) is 0.271. The molecule has 0 aliphatic rings. The lowest BCUT2D eigenvalue weighted by Crippen LogP contribution is -2.24. The number of carboxylic acids is 1. The fourth-order valence-electron chi connectivity index (χ4n) is 1.78. The molecule has 2 aromatic carbocycles. The third kappa shape index (κ3) is 5.34. The van der Waals surface area contributed by atoms with Crippen LogP contribution in [0.15, 0.2) is 48.5 Å². The Labute approximate surface area is 144 Å². The van der Waals surface area contributed by atoms with E-state index < -0.39 is 12.1 Å². The average molecular weight is 344 g/mol. The Morgan fingerprint density at radius 3 is 2.58 bits per heavy atom. The van der Waals surface area contributed by atoms with Crippen LogP contribution in [0.1, 0.15) is 21.5 Å². The predicted octanol–water partition coefficient (Wildman–Crippen LogP) is 3.32. The highest BCUT2D eigenvalue weighted by atomic mass is 35.5. The van der Waals surface area contributed by atoms with Crippen molar-refractivity contribution in [1.29, 1.82) is 0 Å². The summed E-state index contributed by atoms with van der Waals surface area (Å²) in [5.41, 5.74) is 1.47. The minimum absolute atomic E-state index is 0.0879. The fraction of sp³-hybridized carbons (Fsp3) is 0.111. The number of nitrogens with one attached hydrogen (secondary N) is 1. The first kappa shape index (κ1) is 17.4. The minimum atomic E-state index is -1.06. The standard InChI is InChI=1S/C18H14ClNO4/c19-16-11-15(17(21)22)9-8-14(16)7-4-10-20-18(23)24-12-13-5-2-1-3-6-13/h1-3,5-6,8-9,11H,10,12H2,(H,20,23)(H,21,22). The molecule has 0 atom stereocenters. The van der Waals surface area contributed by atoms with E-state index in [2.05, 4.69) is 17.2 Å². The molecule has 0 saturated carbocycles. The number of aromatic carboxylic acids is 1. The van der Waals surface area contributed by atoms with E-state index in [-0.39, 0.29) is 23.7 Å². The second kappa shape index (κ2) is 8.61. The monoisotopic (exact) mass is 343 g/mol. The summed E-state index contributed by atoms with van der Waals surface area (Å²) < 4.78 is 5.04. The Hall–Kier alpha value is -2.97. The number of alkyl carbamates (subject to hydrolysis) is 1. The van der Waals surface area contributed by atoms with E-state index in [1.165, 1.54) is 18.2 Å². The first-order chi connectivity index (χ1) is 11.6. The van der Waals surface area contributed by atoms with Crippen LogP contribution in [0.3, 0.4) is 0 Å². The van der Waals surface area contributed by atoms with Crippen molar-refractivity contribution in [2.24, 2.45) is 0 Å². The summed E-state index contributed by atoms with van der Waals surface area (Å²) in [7, 11) is 0. The number of hydrogen-bond donors (Lipinski definition) is 2. The van der Waals surface area contributed by atoms with E-state index in [4.69, 9.17) is 21.4 Å². The van der Waals surface area contributed by atoms with Crippen molar-refractivity contribution in [3.8, 4) is 11.8 Å². The van der Waals surface area contributed by atoms with E-state index in [9.17, 15) is 9.59 Å². The van der Waals surface area contributed by atoms with Crippen LogP contribution in [0.25, 0.3) is 0 Å². The average Bonchev–Trinajstić information content (AvgIpc) is 2.58. The third-order valence-corrected chi connectivity index (χ3v) is 3.29. The van der Waals surface area contributed by atoms with E-state index in [0.29, 0.717) is 5.56 Å². The SMILES string of the molecule is O=C(NCC#Cc1ccc(C(=O)O)cc1Cl)OCc1ccccc1. The molecule has 2 N–H and O–H groups in total.